The second-order valence-electron chi connectivity index (χ2n) is 8.55. The number of anilines is 1. The number of hydrogen-bond donors (Lipinski definition) is 1. The minimum atomic E-state index is -0.110. The number of aliphatic hydroxyl groups is 1. The number of pyridine rings is 1. The van der Waals surface area contributed by atoms with E-state index in [2.05, 4.69) is 24.8 Å². The lowest BCUT2D eigenvalue weighted by molar-refractivity contribution is -0.150. The first-order chi connectivity index (χ1) is 13.0. The maximum absolute atomic E-state index is 12.5. The van der Waals surface area contributed by atoms with Crippen LogP contribution >= 0.6 is 0 Å². The van der Waals surface area contributed by atoms with Gasteiger partial charge in [-0.2, -0.15) is 5.26 Å². The zero-order valence-corrected chi connectivity index (χ0v) is 16.1. The maximum Gasteiger partial charge on any atom is 0.223 e. The average Bonchev–Trinajstić information content (AvgIpc) is 2.68. The van der Waals surface area contributed by atoms with Crippen molar-refractivity contribution < 1.29 is 9.90 Å². The third-order valence-electron chi connectivity index (χ3n) is 6.59. The van der Waals surface area contributed by atoms with Gasteiger partial charge in [-0.1, -0.05) is 13.8 Å². The zero-order valence-electron chi connectivity index (χ0n) is 16.1. The molecule has 1 N–H and O–H groups in total. The van der Waals surface area contributed by atoms with E-state index >= 15 is 0 Å². The Bertz CT molecular complexity index is 758. The fourth-order valence-corrected chi connectivity index (χ4v) is 5.30. The standard InChI is InChI=1S/C21H28N4O2/c1-13(2)17-7-6-14(9-22)21(23-17)24-10-15-8-16(11-24)19(12-26)25-18(15)4-3-5-20(25)27/h6-7,13,15-16,18-19,26H,3-5,8,10-12H2,1-2H3/t15-,16+,18+,19+/m1/s1. The molecule has 0 aliphatic carbocycles. The quantitative estimate of drug-likeness (QED) is 0.885. The molecule has 1 aromatic heterocycles. The molecule has 4 atom stereocenters. The van der Waals surface area contributed by atoms with Gasteiger partial charge in [-0.15, -0.1) is 0 Å². The first-order valence-corrected chi connectivity index (χ1v) is 10.1. The predicted octanol–water partition coefficient (Wildman–Crippen LogP) is 2.27. The molecule has 1 aromatic rings. The van der Waals surface area contributed by atoms with E-state index in [1.54, 1.807) is 0 Å². The highest BCUT2D eigenvalue weighted by atomic mass is 16.3. The number of hydrogen-bond acceptors (Lipinski definition) is 5. The molecule has 0 unspecified atom stereocenters. The third-order valence-corrected chi connectivity index (χ3v) is 6.59. The molecule has 3 aliphatic rings. The summed E-state index contributed by atoms with van der Waals surface area (Å²) in [5, 5.41) is 19.6. The number of nitriles is 1. The van der Waals surface area contributed by atoms with E-state index in [9.17, 15) is 15.2 Å². The lowest BCUT2D eigenvalue weighted by Gasteiger charge is -2.56. The lowest BCUT2D eigenvalue weighted by atomic mass is 9.72. The summed E-state index contributed by atoms with van der Waals surface area (Å²) < 4.78 is 0. The van der Waals surface area contributed by atoms with E-state index < -0.39 is 0 Å². The van der Waals surface area contributed by atoms with Gasteiger partial charge in [0.2, 0.25) is 5.91 Å². The van der Waals surface area contributed by atoms with Crippen LogP contribution in [0.25, 0.3) is 0 Å². The lowest BCUT2D eigenvalue weighted by Crippen LogP contribution is -2.66. The monoisotopic (exact) mass is 368 g/mol. The first-order valence-electron chi connectivity index (χ1n) is 10.1. The Morgan fingerprint density at radius 1 is 1.33 bits per heavy atom. The number of rotatable bonds is 3. The van der Waals surface area contributed by atoms with Crippen LogP contribution in [0.3, 0.4) is 0 Å². The predicted molar refractivity (Wildman–Crippen MR) is 102 cm³/mol. The summed E-state index contributed by atoms with van der Waals surface area (Å²) in [5.74, 6) is 1.88. The van der Waals surface area contributed by atoms with E-state index in [0.29, 0.717) is 23.8 Å². The van der Waals surface area contributed by atoms with Crippen LogP contribution in [0, 0.1) is 23.2 Å². The molecular formula is C21H28N4O2. The largest absolute Gasteiger partial charge is 0.394 e. The molecule has 0 spiro atoms. The molecule has 3 saturated heterocycles. The van der Waals surface area contributed by atoms with Crippen LogP contribution in [0.1, 0.15) is 56.7 Å². The van der Waals surface area contributed by atoms with Gasteiger partial charge >= 0.3 is 0 Å². The number of carbonyl (C=O) groups excluding carboxylic acids is 1. The van der Waals surface area contributed by atoms with Crippen LogP contribution in [0.4, 0.5) is 5.82 Å². The van der Waals surface area contributed by atoms with Gasteiger partial charge in [-0.3, -0.25) is 4.79 Å². The number of nitrogens with zero attached hydrogens (tertiary/aromatic N) is 4. The van der Waals surface area contributed by atoms with Crippen LogP contribution < -0.4 is 4.90 Å². The molecule has 0 radical (unpaired) electrons. The molecule has 6 heteroatoms. The van der Waals surface area contributed by atoms with Gasteiger partial charge < -0.3 is 14.9 Å². The first kappa shape index (κ1) is 18.2. The normalized spacial score (nSPS) is 30.3. The summed E-state index contributed by atoms with van der Waals surface area (Å²) in [6, 6.07) is 6.21. The highest BCUT2D eigenvalue weighted by molar-refractivity contribution is 5.78. The van der Waals surface area contributed by atoms with Gasteiger partial charge in [-0.05, 0) is 49.1 Å². The molecule has 1 amide bonds. The minimum absolute atomic E-state index is 0.0119. The number of amides is 1. The summed E-state index contributed by atoms with van der Waals surface area (Å²) in [6.07, 6.45) is 3.59. The number of aromatic nitrogens is 1. The summed E-state index contributed by atoms with van der Waals surface area (Å²) in [6.45, 7) is 5.79. The molecule has 2 bridgehead atoms. The summed E-state index contributed by atoms with van der Waals surface area (Å²) >= 11 is 0. The van der Waals surface area contributed by atoms with Crippen LogP contribution in [0.15, 0.2) is 12.1 Å². The van der Waals surface area contributed by atoms with Crippen molar-refractivity contribution in [3.63, 3.8) is 0 Å². The highest BCUT2D eigenvalue weighted by Gasteiger charge is 2.49. The van der Waals surface area contributed by atoms with Crippen LogP contribution in [-0.2, 0) is 4.79 Å². The Kier molecular flexibility index (Phi) is 4.81. The van der Waals surface area contributed by atoms with Gasteiger partial charge in [0, 0.05) is 31.2 Å². The van der Waals surface area contributed by atoms with Crippen molar-refractivity contribution in [1.29, 1.82) is 5.26 Å². The van der Waals surface area contributed by atoms with Crippen molar-refractivity contribution in [2.24, 2.45) is 11.8 Å². The van der Waals surface area contributed by atoms with Gasteiger partial charge in [0.1, 0.15) is 11.9 Å². The van der Waals surface area contributed by atoms with Crippen molar-refractivity contribution in [2.45, 2.75) is 57.5 Å². The second kappa shape index (κ2) is 7.12. The molecule has 144 valence electrons. The summed E-state index contributed by atoms with van der Waals surface area (Å²) in [4.78, 5) is 21.6. The molecule has 3 aliphatic heterocycles. The molecule has 0 aromatic carbocycles. The van der Waals surface area contributed by atoms with Gasteiger partial charge in [0.15, 0.2) is 0 Å². The van der Waals surface area contributed by atoms with Crippen molar-refractivity contribution >= 4 is 11.7 Å². The fraction of sp³-hybridized carbons (Fsp3) is 0.667. The van der Waals surface area contributed by atoms with Crippen molar-refractivity contribution in [3.8, 4) is 6.07 Å². The second-order valence-corrected chi connectivity index (χ2v) is 8.55. The molecule has 4 heterocycles. The van der Waals surface area contributed by atoms with Crippen molar-refractivity contribution in [3.05, 3.63) is 23.4 Å². The Hall–Kier alpha value is -2.13. The Labute approximate surface area is 160 Å². The van der Waals surface area contributed by atoms with Crippen LogP contribution in [-0.4, -0.2) is 52.7 Å². The SMILES string of the molecule is CC(C)c1ccc(C#N)c(N2C[C@H]3C[C@@H](C2)[C@H](CO)N2C(=O)CCC[C@@H]32)n1. The van der Waals surface area contributed by atoms with E-state index in [-0.39, 0.29) is 30.5 Å². The fourth-order valence-electron chi connectivity index (χ4n) is 5.30. The molecule has 4 rings (SSSR count). The molecule has 3 fully saturated rings. The van der Waals surface area contributed by atoms with Crippen LogP contribution in [0.2, 0.25) is 0 Å². The van der Waals surface area contributed by atoms with E-state index in [0.717, 1.165) is 43.9 Å². The van der Waals surface area contributed by atoms with E-state index in [4.69, 9.17) is 4.98 Å². The van der Waals surface area contributed by atoms with Gasteiger partial charge in [-0.25, -0.2) is 4.98 Å². The highest BCUT2D eigenvalue weighted by Crippen LogP contribution is 2.42. The molecule has 27 heavy (non-hydrogen) atoms. The van der Waals surface area contributed by atoms with Crippen LogP contribution in [0.5, 0.6) is 0 Å². The van der Waals surface area contributed by atoms with Crippen molar-refractivity contribution in [2.75, 3.05) is 24.6 Å². The average molecular weight is 368 g/mol. The van der Waals surface area contributed by atoms with Gasteiger partial charge in [0.25, 0.3) is 0 Å². The Morgan fingerprint density at radius 3 is 2.81 bits per heavy atom. The third kappa shape index (κ3) is 3.08. The Morgan fingerprint density at radius 2 is 2.11 bits per heavy atom. The molecule has 6 nitrogen and oxygen atoms in total. The number of fused-ring (bicyclic) bond motifs is 4. The molecule has 0 saturated carbocycles. The summed E-state index contributed by atoms with van der Waals surface area (Å²) in [7, 11) is 0. The number of aliphatic hydroxyl groups excluding tert-OH is 1. The zero-order chi connectivity index (χ0) is 19.1. The Balaban J connectivity index is 1.68. The topological polar surface area (TPSA) is 80.5 Å². The number of piperidine rings is 3. The van der Waals surface area contributed by atoms with Gasteiger partial charge in [0.05, 0.1) is 18.2 Å². The number of carbonyl (C=O) groups is 1. The molecular weight excluding hydrogens is 340 g/mol. The van der Waals surface area contributed by atoms with E-state index in [1.807, 2.05) is 17.0 Å². The summed E-state index contributed by atoms with van der Waals surface area (Å²) in [5.41, 5.74) is 1.60. The van der Waals surface area contributed by atoms with E-state index in [1.165, 1.54) is 0 Å². The minimum Gasteiger partial charge on any atom is -0.394 e. The maximum atomic E-state index is 12.5. The van der Waals surface area contributed by atoms with Crippen molar-refractivity contribution in [1.82, 2.24) is 9.88 Å². The smallest absolute Gasteiger partial charge is 0.223 e.